The van der Waals surface area contributed by atoms with Crippen LogP contribution in [0.15, 0.2) is 52.5 Å². The highest BCUT2D eigenvalue weighted by atomic mass is 16.5. The van der Waals surface area contributed by atoms with Crippen molar-refractivity contribution in [1.29, 1.82) is 0 Å². The number of hydrogen-bond acceptors (Lipinski definition) is 5. The first-order valence-corrected chi connectivity index (χ1v) is 10.4. The van der Waals surface area contributed by atoms with Crippen molar-refractivity contribution in [3.05, 3.63) is 65.1 Å². The van der Waals surface area contributed by atoms with Crippen molar-refractivity contribution in [2.24, 2.45) is 0 Å². The minimum Gasteiger partial charge on any atom is -0.872 e. The number of Topliss-reactive ketones (excluding diaryl/α,β-unsaturated/α-hetero) is 1. The van der Waals surface area contributed by atoms with Crippen LogP contribution in [0.25, 0.3) is 5.76 Å². The lowest BCUT2D eigenvalue weighted by molar-refractivity contribution is -0.908. The first-order valence-electron chi connectivity index (χ1n) is 10.4. The minimum atomic E-state index is -0.786. The molecule has 0 spiro atoms. The smallest absolute Gasteiger partial charge is 0.295 e. The highest BCUT2D eigenvalue weighted by Crippen LogP contribution is 2.39. The molecular formula is C23H26N2O5. The molecule has 7 heteroatoms. The zero-order chi connectivity index (χ0) is 21.1. The molecule has 2 aliphatic heterocycles. The predicted molar refractivity (Wildman–Crippen MR) is 107 cm³/mol. The number of carbonyl (C=O) groups excluding carboxylic acids is 2. The third-order valence-corrected chi connectivity index (χ3v) is 5.73. The van der Waals surface area contributed by atoms with Crippen LogP contribution >= 0.6 is 0 Å². The van der Waals surface area contributed by atoms with Gasteiger partial charge in [0.2, 0.25) is 5.78 Å². The van der Waals surface area contributed by atoms with Gasteiger partial charge in [-0.3, -0.25) is 9.59 Å². The molecule has 158 valence electrons. The van der Waals surface area contributed by atoms with Gasteiger partial charge < -0.3 is 24.1 Å². The maximum atomic E-state index is 13.2. The fourth-order valence-electron chi connectivity index (χ4n) is 4.15. The van der Waals surface area contributed by atoms with Gasteiger partial charge in [0.15, 0.2) is 0 Å². The quantitative estimate of drug-likeness (QED) is 0.415. The van der Waals surface area contributed by atoms with Crippen molar-refractivity contribution in [3.63, 3.8) is 0 Å². The van der Waals surface area contributed by atoms with Crippen LogP contribution in [-0.2, 0) is 14.3 Å². The Morgan fingerprint density at radius 2 is 1.87 bits per heavy atom. The molecule has 0 saturated carbocycles. The number of ketones is 1. The monoisotopic (exact) mass is 410 g/mol. The summed E-state index contributed by atoms with van der Waals surface area (Å²) in [6.07, 6.45) is 0.733. The molecule has 0 aliphatic carbocycles. The summed E-state index contributed by atoms with van der Waals surface area (Å²) < 4.78 is 11.2. The van der Waals surface area contributed by atoms with Gasteiger partial charge in [0, 0.05) is 18.5 Å². The molecule has 1 unspecified atom stereocenters. The van der Waals surface area contributed by atoms with Crippen LogP contribution in [-0.4, -0.2) is 56.0 Å². The molecule has 1 amide bonds. The Balaban J connectivity index is 1.63. The van der Waals surface area contributed by atoms with Crippen LogP contribution in [0, 0.1) is 6.92 Å². The number of quaternary nitrogens is 1. The highest BCUT2D eigenvalue weighted by Gasteiger charge is 2.45. The van der Waals surface area contributed by atoms with E-state index in [1.807, 2.05) is 0 Å². The van der Waals surface area contributed by atoms with Gasteiger partial charge in [-0.25, -0.2) is 0 Å². The van der Waals surface area contributed by atoms with Crippen molar-refractivity contribution >= 4 is 17.4 Å². The molecule has 0 bridgehead atoms. The number of hydrogen-bond donors (Lipinski definition) is 1. The SMILES string of the molecule is Cc1ccc(C2C(=C([O-])c3ccccc3)C(=O)C(=O)N2CCC[NH+]2CCOCC2)o1. The first kappa shape index (κ1) is 20.4. The van der Waals surface area contributed by atoms with Crippen molar-refractivity contribution in [3.8, 4) is 0 Å². The molecule has 2 aromatic rings. The Morgan fingerprint density at radius 1 is 1.13 bits per heavy atom. The van der Waals surface area contributed by atoms with Crippen LogP contribution in [0.5, 0.6) is 0 Å². The first-order chi connectivity index (χ1) is 14.6. The van der Waals surface area contributed by atoms with Crippen LogP contribution in [0.2, 0.25) is 0 Å². The fourth-order valence-corrected chi connectivity index (χ4v) is 4.15. The van der Waals surface area contributed by atoms with E-state index in [-0.39, 0.29) is 5.57 Å². The van der Waals surface area contributed by atoms with E-state index in [1.54, 1.807) is 49.4 Å². The van der Waals surface area contributed by atoms with Crippen LogP contribution in [0.4, 0.5) is 0 Å². The Hall–Kier alpha value is -2.90. The van der Waals surface area contributed by atoms with E-state index < -0.39 is 23.5 Å². The lowest BCUT2D eigenvalue weighted by atomic mass is 9.99. The van der Waals surface area contributed by atoms with E-state index >= 15 is 0 Å². The average Bonchev–Trinajstić information content (AvgIpc) is 3.31. The second kappa shape index (κ2) is 8.85. The van der Waals surface area contributed by atoms with Gasteiger partial charge in [0.1, 0.15) is 30.7 Å². The molecule has 2 aliphatic rings. The summed E-state index contributed by atoms with van der Waals surface area (Å²) in [4.78, 5) is 28.7. The Bertz CT molecular complexity index is 944. The molecular weight excluding hydrogens is 384 g/mol. The zero-order valence-corrected chi connectivity index (χ0v) is 17.1. The minimum absolute atomic E-state index is 0.0285. The van der Waals surface area contributed by atoms with Crippen LogP contribution in [0.3, 0.4) is 0 Å². The number of ether oxygens (including phenoxy) is 1. The largest absolute Gasteiger partial charge is 0.872 e. The molecule has 2 saturated heterocycles. The third-order valence-electron chi connectivity index (χ3n) is 5.73. The van der Waals surface area contributed by atoms with E-state index in [4.69, 9.17) is 9.15 Å². The number of amides is 1. The predicted octanol–water partition coefficient (Wildman–Crippen LogP) is 0.117. The number of nitrogens with zero attached hydrogens (tertiary/aromatic N) is 1. The Kier molecular flexibility index (Phi) is 6.01. The van der Waals surface area contributed by atoms with E-state index in [0.717, 1.165) is 39.3 Å². The number of morpholine rings is 1. The molecule has 1 aromatic heterocycles. The Labute approximate surface area is 175 Å². The van der Waals surface area contributed by atoms with Gasteiger partial charge in [-0.05, 0) is 24.6 Å². The number of carbonyl (C=O) groups is 2. The number of likely N-dealkylation sites (tertiary alicyclic amines) is 1. The standard InChI is InChI=1S/C23H26N2O5/c1-16-8-9-18(30-16)20-19(21(26)17-6-3-2-4-7-17)22(27)23(28)25(20)11-5-10-24-12-14-29-15-13-24/h2-4,6-9,20,26H,5,10-15H2,1H3. The molecule has 4 rings (SSSR count). The molecule has 1 N–H and O–H groups in total. The lowest BCUT2D eigenvalue weighted by Gasteiger charge is -2.27. The molecule has 2 fully saturated rings. The summed E-state index contributed by atoms with van der Waals surface area (Å²) in [5, 5.41) is 13.2. The fraction of sp³-hybridized carbons (Fsp3) is 0.391. The number of aryl methyl sites for hydroxylation is 1. The summed E-state index contributed by atoms with van der Waals surface area (Å²) in [6.45, 7) is 6.45. The third kappa shape index (κ3) is 4.04. The normalized spacial score (nSPS) is 22.0. The molecule has 7 nitrogen and oxygen atoms in total. The number of rotatable bonds is 6. The second-order valence-corrected chi connectivity index (χ2v) is 7.75. The zero-order valence-electron chi connectivity index (χ0n) is 17.1. The lowest BCUT2D eigenvalue weighted by Crippen LogP contribution is -3.14. The number of furan rings is 1. The summed E-state index contributed by atoms with van der Waals surface area (Å²) in [6, 6.07) is 11.3. The van der Waals surface area contributed by atoms with Gasteiger partial charge in [-0.2, -0.15) is 0 Å². The van der Waals surface area contributed by atoms with Crippen molar-refractivity contribution in [2.75, 3.05) is 39.4 Å². The van der Waals surface area contributed by atoms with Gasteiger partial charge in [0.25, 0.3) is 5.91 Å². The maximum absolute atomic E-state index is 13.2. The van der Waals surface area contributed by atoms with Crippen LogP contribution in [0.1, 0.15) is 29.5 Å². The topological polar surface area (TPSA) is 87.2 Å². The number of benzene rings is 1. The van der Waals surface area contributed by atoms with E-state index in [1.165, 1.54) is 9.80 Å². The summed E-state index contributed by atoms with van der Waals surface area (Å²) in [5.41, 5.74) is 0.362. The molecule has 1 atom stereocenters. The molecule has 3 heterocycles. The second-order valence-electron chi connectivity index (χ2n) is 7.75. The van der Waals surface area contributed by atoms with E-state index in [9.17, 15) is 14.7 Å². The molecule has 30 heavy (non-hydrogen) atoms. The number of nitrogens with one attached hydrogen (secondary N) is 1. The van der Waals surface area contributed by atoms with Gasteiger partial charge >= 0.3 is 0 Å². The van der Waals surface area contributed by atoms with Gasteiger partial charge in [-0.15, -0.1) is 0 Å². The van der Waals surface area contributed by atoms with E-state index in [0.29, 0.717) is 23.6 Å². The average molecular weight is 410 g/mol. The van der Waals surface area contributed by atoms with Crippen molar-refractivity contribution < 1.29 is 28.7 Å². The van der Waals surface area contributed by atoms with Gasteiger partial charge in [-0.1, -0.05) is 36.1 Å². The summed E-state index contributed by atoms with van der Waals surface area (Å²) in [7, 11) is 0. The summed E-state index contributed by atoms with van der Waals surface area (Å²) >= 11 is 0. The van der Waals surface area contributed by atoms with Gasteiger partial charge in [0.05, 0.1) is 19.8 Å². The van der Waals surface area contributed by atoms with Crippen molar-refractivity contribution in [2.45, 2.75) is 19.4 Å². The summed E-state index contributed by atoms with van der Waals surface area (Å²) in [5.74, 6) is -0.674. The molecule has 1 aromatic carbocycles. The Morgan fingerprint density at radius 3 is 2.53 bits per heavy atom. The van der Waals surface area contributed by atoms with E-state index in [2.05, 4.69) is 0 Å². The highest BCUT2D eigenvalue weighted by molar-refractivity contribution is 6.46. The van der Waals surface area contributed by atoms with Crippen LogP contribution < -0.4 is 10.0 Å². The van der Waals surface area contributed by atoms with Crippen molar-refractivity contribution in [1.82, 2.24) is 4.90 Å². The molecule has 0 radical (unpaired) electrons. The maximum Gasteiger partial charge on any atom is 0.295 e.